The molecule has 0 spiro atoms. The Morgan fingerprint density at radius 3 is 1.56 bits per heavy atom. The van der Waals surface area contributed by atoms with Crippen molar-refractivity contribution in [2.75, 3.05) is 0 Å². The highest BCUT2D eigenvalue weighted by Gasteiger charge is 2.72. The summed E-state index contributed by atoms with van der Waals surface area (Å²) in [6, 6.07) is 8.25. The van der Waals surface area contributed by atoms with Crippen LogP contribution in [-0.2, 0) is 19.1 Å². The molecule has 0 aromatic heterocycles. The van der Waals surface area contributed by atoms with Gasteiger partial charge in [-0.05, 0) is 80.1 Å². The zero-order valence-electron chi connectivity index (χ0n) is 23.3. The van der Waals surface area contributed by atoms with Crippen molar-refractivity contribution in [2.24, 2.45) is 38.9 Å². The van der Waals surface area contributed by atoms with Crippen molar-refractivity contribution in [2.45, 2.75) is 112 Å². The third-order valence-electron chi connectivity index (χ3n) is 13.1. The van der Waals surface area contributed by atoms with Crippen LogP contribution < -0.4 is 0 Å². The van der Waals surface area contributed by atoms with Crippen LogP contribution in [0, 0.1) is 45.8 Å². The van der Waals surface area contributed by atoms with E-state index in [9.17, 15) is 9.59 Å². The van der Waals surface area contributed by atoms with Crippen molar-refractivity contribution in [3.05, 3.63) is 35.4 Å². The first-order valence-corrected chi connectivity index (χ1v) is 14.3. The van der Waals surface area contributed by atoms with E-state index in [1.165, 1.54) is 18.4 Å². The van der Waals surface area contributed by atoms with Crippen LogP contribution in [-0.4, -0.2) is 24.1 Å². The minimum atomic E-state index is -1.21. The Kier molecular flexibility index (Phi) is 5.02. The van der Waals surface area contributed by atoms with Crippen LogP contribution in [0.5, 0.6) is 0 Å². The molecule has 196 valence electrons. The molecule has 7 atom stereocenters. The molecule has 5 saturated carbocycles. The van der Waals surface area contributed by atoms with Crippen LogP contribution in [0.25, 0.3) is 0 Å². The minimum Gasteiger partial charge on any atom is -0.461 e. The molecule has 0 aliphatic heterocycles. The van der Waals surface area contributed by atoms with Crippen molar-refractivity contribution >= 4 is 11.9 Å². The number of fused-ring (bicyclic) bond motifs is 4. The first-order valence-electron chi connectivity index (χ1n) is 14.3. The summed E-state index contributed by atoms with van der Waals surface area (Å²) >= 11 is 0. The van der Waals surface area contributed by atoms with Gasteiger partial charge in [0.05, 0.1) is 0 Å². The van der Waals surface area contributed by atoms with Gasteiger partial charge >= 0.3 is 11.9 Å². The Bertz CT molecular complexity index is 1040. The van der Waals surface area contributed by atoms with Gasteiger partial charge in [0, 0.05) is 16.7 Å². The summed E-state index contributed by atoms with van der Waals surface area (Å²) in [6.07, 6.45) is 6.63. The number of hydrogen-bond acceptors (Lipinski definition) is 4. The van der Waals surface area contributed by atoms with E-state index < -0.39 is 5.41 Å². The molecule has 0 N–H and O–H groups in total. The highest BCUT2D eigenvalue weighted by molar-refractivity contribution is 6.05. The van der Waals surface area contributed by atoms with Gasteiger partial charge in [0.1, 0.15) is 12.2 Å². The number of hydrogen-bond donors (Lipinski definition) is 0. The van der Waals surface area contributed by atoms with Crippen molar-refractivity contribution in [1.29, 1.82) is 0 Å². The molecule has 1 aromatic rings. The summed E-state index contributed by atoms with van der Waals surface area (Å²) in [5, 5.41) is 0. The molecule has 5 fully saturated rings. The molecular weight excluding hydrogens is 448 g/mol. The molecule has 5 aliphatic carbocycles. The lowest BCUT2D eigenvalue weighted by atomic mass is 9.70. The molecule has 6 rings (SSSR count). The van der Waals surface area contributed by atoms with E-state index in [0.29, 0.717) is 18.3 Å². The number of esters is 2. The number of benzene rings is 1. The molecule has 0 unspecified atom stereocenters. The SMILES string of the molecule is Cc1ccc([C@@H]2CC2(C(=O)O[C@@H]2C[C@@H]3CC[C@@]2(C)C3(C)C)C(=O)O[C@@H]2C[C@@H]3CC[C@@]2(C)C3(C)C)cc1. The van der Waals surface area contributed by atoms with Crippen LogP contribution in [0.4, 0.5) is 0 Å². The number of rotatable bonds is 5. The highest BCUT2D eigenvalue weighted by atomic mass is 16.6. The third kappa shape index (κ3) is 2.93. The van der Waals surface area contributed by atoms with Crippen LogP contribution >= 0.6 is 0 Å². The van der Waals surface area contributed by atoms with Crippen LogP contribution in [0.2, 0.25) is 0 Å². The minimum absolute atomic E-state index is 0.0330. The maximum Gasteiger partial charge on any atom is 0.324 e. The molecule has 36 heavy (non-hydrogen) atoms. The Morgan fingerprint density at radius 1 is 0.750 bits per heavy atom. The first-order chi connectivity index (χ1) is 16.8. The van der Waals surface area contributed by atoms with Crippen molar-refractivity contribution < 1.29 is 19.1 Å². The highest BCUT2D eigenvalue weighted by Crippen LogP contribution is 2.69. The molecule has 0 radical (unpaired) electrons. The number of ether oxygens (including phenoxy) is 2. The Hall–Kier alpha value is -1.84. The van der Waals surface area contributed by atoms with Gasteiger partial charge in [0.2, 0.25) is 0 Å². The van der Waals surface area contributed by atoms with Crippen LogP contribution in [0.15, 0.2) is 24.3 Å². The van der Waals surface area contributed by atoms with E-state index in [-0.39, 0.29) is 51.7 Å². The van der Waals surface area contributed by atoms with Crippen LogP contribution in [0.1, 0.15) is 104 Å². The van der Waals surface area contributed by atoms with Gasteiger partial charge in [-0.25, -0.2) is 0 Å². The van der Waals surface area contributed by atoms with E-state index in [2.05, 4.69) is 72.7 Å². The van der Waals surface area contributed by atoms with E-state index in [1.807, 2.05) is 0 Å². The lowest BCUT2D eigenvalue weighted by Crippen LogP contribution is -2.44. The van der Waals surface area contributed by atoms with Crippen molar-refractivity contribution in [3.63, 3.8) is 0 Å². The topological polar surface area (TPSA) is 52.6 Å². The molecule has 1 aromatic carbocycles. The van der Waals surface area contributed by atoms with E-state index in [4.69, 9.17) is 9.47 Å². The molecule has 0 saturated heterocycles. The lowest BCUT2D eigenvalue weighted by molar-refractivity contribution is -0.179. The molecular formula is C32H44O4. The maximum absolute atomic E-state index is 14.0. The van der Waals surface area contributed by atoms with E-state index in [0.717, 1.165) is 31.2 Å². The summed E-state index contributed by atoms with van der Waals surface area (Å²) in [4.78, 5) is 28.0. The summed E-state index contributed by atoms with van der Waals surface area (Å²) in [6.45, 7) is 15.9. The fraction of sp³-hybridized carbons (Fsp3) is 0.750. The molecule has 4 nitrogen and oxygen atoms in total. The predicted octanol–water partition coefficient (Wildman–Crippen LogP) is 6.98. The zero-order chi connectivity index (χ0) is 25.9. The van der Waals surface area contributed by atoms with Gasteiger partial charge in [0.25, 0.3) is 0 Å². The summed E-state index contributed by atoms with van der Waals surface area (Å²) in [5.41, 5.74) is 1.23. The quantitative estimate of drug-likeness (QED) is 0.328. The van der Waals surface area contributed by atoms with Crippen LogP contribution in [0.3, 0.4) is 0 Å². The first kappa shape index (κ1) is 24.5. The number of aryl methyl sites for hydroxylation is 1. The van der Waals surface area contributed by atoms with Gasteiger partial charge in [-0.3, -0.25) is 9.59 Å². The van der Waals surface area contributed by atoms with Crippen molar-refractivity contribution in [1.82, 2.24) is 0 Å². The largest absolute Gasteiger partial charge is 0.461 e. The van der Waals surface area contributed by atoms with Gasteiger partial charge in [-0.1, -0.05) is 71.4 Å². The molecule has 5 aliphatic rings. The second kappa shape index (κ2) is 7.38. The summed E-state index contributed by atoms with van der Waals surface area (Å²) in [7, 11) is 0. The Balaban J connectivity index is 1.27. The third-order valence-corrected chi connectivity index (χ3v) is 13.1. The normalized spacial score (nSPS) is 42.4. The van der Waals surface area contributed by atoms with E-state index >= 15 is 0 Å². The fourth-order valence-corrected chi connectivity index (χ4v) is 9.08. The molecule has 4 heteroatoms. The van der Waals surface area contributed by atoms with Gasteiger partial charge < -0.3 is 9.47 Å². The average molecular weight is 493 g/mol. The second-order valence-corrected chi connectivity index (χ2v) is 14.6. The Morgan fingerprint density at radius 2 is 1.19 bits per heavy atom. The number of carbonyl (C=O) groups is 2. The molecule has 0 heterocycles. The maximum atomic E-state index is 14.0. The smallest absolute Gasteiger partial charge is 0.324 e. The van der Waals surface area contributed by atoms with Gasteiger partial charge in [-0.2, -0.15) is 0 Å². The van der Waals surface area contributed by atoms with Crippen molar-refractivity contribution in [3.8, 4) is 0 Å². The zero-order valence-corrected chi connectivity index (χ0v) is 23.3. The summed E-state index contributed by atoms with van der Waals surface area (Å²) in [5.74, 6) is 0.287. The van der Waals surface area contributed by atoms with Gasteiger partial charge in [0.15, 0.2) is 5.41 Å². The van der Waals surface area contributed by atoms with Gasteiger partial charge in [-0.15, -0.1) is 0 Å². The second-order valence-electron chi connectivity index (χ2n) is 14.6. The average Bonchev–Trinajstić information content (AvgIpc) is 3.39. The molecule has 4 bridgehead atoms. The molecule has 0 amide bonds. The lowest BCUT2D eigenvalue weighted by Gasteiger charge is -2.40. The predicted molar refractivity (Wildman–Crippen MR) is 139 cm³/mol. The monoisotopic (exact) mass is 492 g/mol. The van der Waals surface area contributed by atoms with E-state index in [1.54, 1.807) is 0 Å². The fourth-order valence-electron chi connectivity index (χ4n) is 9.08. The Labute approximate surface area is 216 Å². The number of carbonyl (C=O) groups excluding carboxylic acids is 2. The standard InChI is InChI=1S/C32H44O4/c1-19-8-10-20(11-9-19)23-18-32(23,26(33)35-24-16-21-12-14-30(24,6)28(21,2)3)27(34)36-25-17-22-13-15-31(25,7)29(22,4)5/h8-11,21-25H,12-18H2,1-7H3/t21-,22-,23-,24+,25+,30+,31+/m0/s1. The summed E-state index contributed by atoms with van der Waals surface area (Å²) < 4.78 is 12.7.